The average Bonchev–Trinajstić information content (AvgIpc) is 2.98. The van der Waals surface area contributed by atoms with Crippen LogP contribution in [0.3, 0.4) is 0 Å². The number of anilines is 1. The van der Waals surface area contributed by atoms with Gasteiger partial charge in [0.2, 0.25) is 5.91 Å². The predicted molar refractivity (Wildman–Crippen MR) is 107 cm³/mol. The van der Waals surface area contributed by atoms with Gasteiger partial charge >= 0.3 is 0 Å². The van der Waals surface area contributed by atoms with Gasteiger partial charge in [0.1, 0.15) is 11.6 Å². The summed E-state index contributed by atoms with van der Waals surface area (Å²) in [6.45, 7) is 9.20. The third-order valence-electron chi connectivity index (χ3n) is 5.52. The number of thiazole rings is 1. The Morgan fingerprint density at radius 2 is 1.74 bits per heavy atom. The molecular weight excluding hydrogens is 358 g/mol. The molecule has 0 bridgehead atoms. The molecule has 2 aromatic rings. The first-order chi connectivity index (χ1) is 13.0. The van der Waals surface area contributed by atoms with E-state index in [0.29, 0.717) is 6.42 Å². The van der Waals surface area contributed by atoms with Crippen molar-refractivity contribution in [3.8, 4) is 0 Å². The number of carbonyl (C=O) groups is 1. The average molecular weight is 386 g/mol. The second-order valence-corrected chi connectivity index (χ2v) is 8.91. The van der Waals surface area contributed by atoms with Crippen LogP contribution in [0.5, 0.6) is 0 Å². The van der Waals surface area contributed by atoms with E-state index in [9.17, 15) is 4.79 Å². The van der Waals surface area contributed by atoms with Gasteiger partial charge in [0.15, 0.2) is 0 Å². The zero-order valence-corrected chi connectivity index (χ0v) is 17.2. The lowest BCUT2D eigenvalue weighted by Crippen LogP contribution is -2.50. The van der Waals surface area contributed by atoms with Crippen molar-refractivity contribution in [3.63, 3.8) is 0 Å². The highest BCUT2D eigenvalue weighted by atomic mass is 32.1. The molecule has 1 fully saturated rings. The largest absolute Gasteiger partial charge is 0.353 e. The van der Waals surface area contributed by atoms with E-state index in [1.807, 2.05) is 25.7 Å². The summed E-state index contributed by atoms with van der Waals surface area (Å²) in [6, 6.07) is 0. The Kier molecular flexibility index (Phi) is 5.12. The minimum Gasteiger partial charge on any atom is -0.353 e. The Hall–Kier alpha value is -2.02. The van der Waals surface area contributed by atoms with Crippen LogP contribution in [0.4, 0.5) is 5.82 Å². The molecular formula is C20H27N5OS. The van der Waals surface area contributed by atoms with Crippen LogP contribution in [0.15, 0.2) is 0 Å². The minimum atomic E-state index is 0.184. The lowest BCUT2D eigenvalue weighted by Gasteiger charge is -2.37. The van der Waals surface area contributed by atoms with Gasteiger partial charge < -0.3 is 9.80 Å². The molecule has 27 heavy (non-hydrogen) atoms. The van der Waals surface area contributed by atoms with Crippen LogP contribution in [0.2, 0.25) is 0 Å². The molecule has 4 rings (SSSR count). The quantitative estimate of drug-likeness (QED) is 0.813. The van der Waals surface area contributed by atoms with Gasteiger partial charge in [-0.25, -0.2) is 15.0 Å². The molecule has 0 N–H and O–H groups in total. The standard InChI is InChI=1S/C20H27N5OS/c1-13-18(23-15(3)27-13)12-19(26)24-8-10-25(11-9-24)20-16-6-4-5-7-17(16)21-14(2)22-20/h4-12H2,1-3H3. The molecule has 1 aliphatic heterocycles. The van der Waals surface area contributed by atoms with Gasteiger partial charge in [0.05, 0.1) is 17.1 Å². The van der Waals surface area contributed by atoms with E-state index < -0.39 is 0 Å². The molecule has 1 amide bonds. The third kappa shape index (κ3) is 3.83. The van der Waals surface area contributed by atoms with Crippen LogP contribution in [0.25, 0.3) is 0 Å². The van der Waals surface area contributed by atoms with Crippen molar-refractivity contribution in [3.05, 3.63) is 32.7 Å². The summed E-state index contributed by atoms with van der Waals surface area (Å²) in [7, 11) is 0. The Bertz CT molecular complexity index is 854. The highest BCUT2D eigenvalue weighted by molar-refractivity contribution is 7.11. The van der Waals surface area contributed by atoms with Crippen molar-refractivity contribution in [1.29, 1.82) is 0 Å². The molecule has 1 aliphatic carbocycles. The van der Waals surface area contributed by atoms with Gasteiger partial charge in [-0.1, -0.05) is 0 Å². The molecule has 0 saturated carbocycles. The van der Waals surface area contributed by atoms with Crippen molar-refractivity contribution in [2.24, 2.45) is 0 Å². The number of aryl methyl sites for hydroxylation is 4. The van der Waals surface area contributed by atoms with Crippen molar-refractivity contribution < 1.29 is 4.79 Å². The zero-order valence-electron chi connectivity index (χ0n) is 16.4. The van der Waals surface area contributed by atoms with E-state index in [-0.39, 0.29) is 5.91 Å². The van der Waals surface area contributed by atoms with Gasteiger partial charge in [-0.2, -0.15) is 0 Å². The fourth-order valence-corrected chi connectivity index (χ4v) is 4.95. The molecule has 1 saturated heterocycles. The number of fused-ring (bicyclic) bond motifs is 1. The van der Waals surface area contributed by atoms with E-state index in [1.165, 1.54) is 24.1 Å². The molecule has 2 aliphatic rings. The maximum absolute atomic E-state index is 12.7. The molecule has 2 aromatic heterocycles. The number of nitrogens with zero attached hydrogens (tertiary/aromatic N) is 5. The van der Waals surface area contributed by atoms with E-state index in [2.05, 4.69) is 14.9 Å². The summed E-state index contributed by atoms with van der Waals surface area (Å²) in [4.78, 5) is 32.1. The Balaban J connectivity index is 1.43. The minimum absolute atomic E-state index is 0.184. The predicted octanol–water partition coefficient (Wildman–Crippen LogP) is 2.63. The second-order valence-electron chi connectivity index (χ2n) is 7.51. The molecule has 7 heteroatoms. The summed E-state index contributed by atoms with van der Waals surface area (Å²) in [5.74, 6) is 2.15. The van der Waals surface area contributed by atoms with Crippen molar-refractivity contribution in [2.75, 3.05) is 31.1 Å². The first-order valence-corrected chi connectivity index (χ1v) is 10.6. The Labute approximate surface area is 164 Å². The van der Waals surface area contributed by atoms with Crippen LogP contribution < -0.4 is 4.90 Å². The highest BCUT2D eigenvalue weighted by Gasteiger charge is 2.26. The van der Waals surface area contributed by atoms with Gasteiger partial charge in [-0.3, -0.25) is 4.79 Å². The van der Waals surface area contributed by atoms with Crippen LogP contribution in [-0.2, 0) is 24.1 Å². The highest BCUT2D eigenvalue weighted by Crippen LogP contribution is 2.28. The van der Waals surface area contributed by atoms with Gasteiger partial charge in [-0.05, 0) is 46.5 Å². The van der Waals surface area contributed by atoms with Crippen LogP contribution >= 0.6 is 11.3 Å². The first-order valence-electron chi connectivity index (χ1n) is 9.83. The van der Waals surface area contributed by atoms with E-state index in [0.717, 1.165) is 66.2 Å². The number of rotatable bonds is 3. The van der Waals surface area contributed by atoms with E-state index in [4.69, 9.17) is 4.98 Å². The van der Waals surface area contributed by atoms with Gasteiger partial charge in [0, 0.05) is 42.3 Å². The zero-order chi connectivity index (χ0) is 19.0. The van der Waals surface area contributed by atoms with Crippen LogP contribution in [0, 0.1) is 20.8 Å². The lowest BCUT2D eigenvalue weighted by atomic mass is 9.96. The topological polar surface area (TPSA) is 62.2 Å². The van der Waals surface area contributed by atoms with Crippen LogP contribution in [0.1, 0.15) is 45.5 Å². The smallest absolute Gasteiger partial charge is 0.228 e. The molecule has 144 valence electrons. The second kappa shape index (κ2) is 7.54. The molecule has 0 spiro atoms. The molecule has 0 unspecified atom stereocenters. The molecule has 0 radical (unpaired) electrons. The molecule has 6 nitrogen and oxygen atoms in total. The van der Waals surface area contributed by atoms with E-state index >= 15 is 0 Å². The van der Waals surface area contributed by atoms with Gasteiger partial charge in [0.25, 0.3) is 0 Å². The number of amides is 1. The number of piperazine rings is 1. The maximum Gasteiger partial charge on any atom is 0.228 e. The van der Waals surface area contributed by atoms with Crippen LogP contribution in [-0.4, -0.2) is 51.9 Å². The van der Waals surface area contributed by atoms with Crippen molar-refractivity contribution in [1.82, 2.24) is 19.9 Å². The summed E-state index contributed by atoms with van der Waals surface area (Å²) in [5.41, 5.74) is 3.50. The fraction of sp³-hybridized carbons (Fsp3) is 0.600. The summed E-state index contributed by atoms with van der Waals surface area (Å²) < 4.78 is 0. The summed E-state index contributed by atoms with van der Waals surface area (Å²) in [5, 5.41) is 1.03. The summed E-state index contributed by atoms with van der Waals surface area (Å²) in [6.07, 6.45) is 5.00. The van der Waals surface area contributed by atoms with Crippen molar-refractivity contribution >= 4 is 23.1 Å². The number of hydrogen-bond donors (Lipinski definition) is 0. The lowest BCUT2D eigenvalue weighted by molar-refractivity contribution is -0.130. The molecule has 3 heterocycles. The molecule has 0 aromatic carbocycles. The number of hydrogen-bond acceptors (Lipinski definition) is 6. The number of aromatic nitrogens is 3. The van der Waals surface area contributed by atoms with Gasteiger partial charge in [-0.15, -0.1) is 11.3 Å². The van der Waals surface area contributed by atoms with E-state index in [1.54, 1.807) is 11.3 Å². The normalized spacial score (nSPS) is 17.1. The maximum atomic E-state index is 12.7. The van der Waals surface area contributed by atoms with Crippen molar-refractivity contribution in [2.45, 2.75) is 52.9 Å². The monoisotopic (exact) mass is 385 g/mol. The number of carbonyl (C=O) groups excluding carboxylic acids is 1. The SMILES string of the molecule is Cc1nc2c(c(N3CCN(C(=O)Cc4nc(C)sc4C)CC3)n1)CCCC2. The Morgan fingerprint density at radius 3 is 2.44 bits per heavy atom. The summed E-state index contributed by atoms with van der Waals surface area (Å²) >= 11 is 1.67. The first kappa shape index (κ1) is 18.3. The Morgan fingerprint density at radius 1 is 1.00 bits per heavy atom. The fourth-order valence-electron chi connectivity index (χ4n) is 4.12. The third-order valence-corrected chi connectivity index (χ3v) is 6.45. The molecule has 0 atom stereocenters.